The lowest BCUT2D eigenvalue weighted by Gasteiger charge is -2.19. The molecule has 4 heterocycles. The van der Waals surface area contributed by atoms with Crippen LogP contribution in [0.5, 0.6) is 0 Å². The number of amides is 1. The van der Waals surface area contributed by atoms with E-state index in [9.17, 15) is 9.59 Å². The molecule has 0 saturated heterocycles. The van der Waals surface area contributed by atoms with Gasteiger partial charge in [0.25, 0.3) is 17.5 Å². The summed E-state index contributed by atoms with van der Waals surface area (Å²) in [5.41, 5.74) is 3.56. The summed E-state index contributed by atoms with van der Waals surface area (Å²) in [5, 5.41) is 9.94. The molecule has 0 radical (unpaired) electrons. The molecular weight excluding hydrogens is 424 g/mol. The lowest BCUT2D eigenvalue weighted by Crippen LogP contribution is -2.31. The second kappa shape index (κ2) is 8.30. The van der Waals surface area contributed by atoms with Crippen LogP contribution in [-0.4, -0.2) is 48.8 Å². The largest absolute Gasteiger partial charge is 0.467 e. The average molecular weight is 444 g/mol. The van der Waals surface area contributed by atoms with Gasteiger partial charge in [0.05, 0.1) is 12.0 Å². The third-order valence-corrected chi connectivity index (χ3v) is 5.36. The van der Waals surface area contributed by atoms with Crippen molar-refractivity contribution in [3.8, 4) is 0 Å². The molecule has 1 aliphatic rings. The Morgan fingerprint density at radius 2 is 1.97 bits per heavy atom. The van der Waals surface area contributed by atoms with Crippen LogP contribution < -0.4 is 0 Å². The number of hydrogen-bond donors (Lipinski definition) is 0. The molecule has 1 amide bonds. The van der Waals surface area contributed by atoms with Crippen LogP contribution in [0.2, 0.25) is 0 Å². The first-order valence-corrected chi connectivity index (χ1v) is 10.3. The fraction of sp³-hybridized carbons (Fsp3) is 0.217. The smallest absolute Gasteiger partial charge is 0.378 e. The van der Waals surface area contributed by atoms with E-state index in [-0.39, 0.29) is 11.6 Å². The summed E-state index contributed by atoms with van der Waals surface area (Å²) in [6, 6.07) is 12.8. The van der Waals surface area contributed by atoms with Gasteiger partial charge in [-0.1, -0.05) is 29.8 Å². The summed E-state index contributed by atoms with van der Waals surface area (Å²) in [4.78, 5) is 33.6. The summed E-state index contributed by atoms with van der Waals surface area (Å²) in [6.07, 6.45) is 3.60. The van der Waals surface area contributed by atoms with Crippen molar-refractivity contribution >= 4 is 23.4 Å². The summed E-state index contributed by atoms with van der Waals surface area (Å²) < 4.78 is 12.2. The number of hydrazone groups is 1. The third-order valence-electron chi connectivity index (χ3n) is 5.36. The van der Waals surface area contributed by atoms with Crippen molar-refractivity contribution in [1.29, 1.82) is 0 Å². The molecule has 1 atom stereocenters. The van der Waals surface area contributed by atoms with E-state index in [4.69, 9.17) is 9.15 Å². The Morgan fingerprint density at radius 3 is 2.70 bits per heavy atom. The van der Waals surface area contributed by atoms with Crippen molar-refractivity contribution in [2.75, 3.05) is 6.61 Å². The van der Waals surface area contributed by atoms with Gasteiger partial charge in [-0.2, -0.15) is 10.1 Å². The minimum Gasteiger partial charge on any atom is -0.467 e. The average Bonchev–Trinajstić information content (AvgIpc) is 3.57. The van der Waals surface area contributed by atoms with Crippen LogP contribution in [0.1, 0.15) is 45.7 Å². The molecule has 10 nitrogen and oxygen atoms in total. The highest BCUT2D eigenvalue weighted by atomic mass is 16.5. The van der Waals surface area contributed by atoms with Crippen molar-refractivity contribution in [3.63, 3.8) is 0 Å². The molecule has 0 bridgehead atoms. The molecule has 5 rings (SSSR count). The number of esters is 1. The number of nitrogens with zero attached hydrogens (tertiary/aromatic N) is 6. The molecular formula is C23H20N6O4. The highest BCUT2D eigenvalue weighted by Gasteiger charge is 2.35. The molecule has 0 aliphatic carbocycles. The second-order valence-electron chi connectivity index (χ2n) is 7.70. The Hall–Kier alpha value is -4.34. The Kier molecular flexibility index (Phi) is 5.17. The Morgan fingerprint density at radius 1 is 1.15 bits per heavy atom. The van der Waals surface area contributed by atoms with E-state index in [1.807, 2.05) is 38.1 Å². The van der Waals surface area contributed by atoms with Crippen molar-refractivity contribution in [2.45, 2.75) is 26.3 Å². The molecule has 0 N–H and O–H groups in total. The number of aromatic nitrogens is 4. The van der Waals surface area contributed by atoms with Crippen LogP contribution in [0.4, 0.5) is 0 Å². The standard InChI is InChI=1S/C23H20N6O4/c1-14-5-7-16(8-6-14)17-12-18(19-4-3-11-32-19)29(26-17)20(30)13-33-22(31)21-25-23-24-10-9-15(2)28(23)27-21/h3-11,18H,12-13H2,1-2H3. The highest BCUT2D eigenvalue weighted by Crippen LogP contribution is 2.33. The number of rotatable bonds is 5. The Bertz CT molecular complexity index is 1360. The van der Waals surface area contributed by atoms with Gasteiger partial charge in [-0.05, 0) is 37.6 Å². The fourth-order valence-corrected chi connectivity index (χ4v) is 3.61. The van der Waals surface area contributed by atoms with Gasteiger partial charge < -0.3 is 9.15 Å². The number of ether oxygens (including phenoxy) is 1. The lowest BCUT2D eigenvalue weighted by molar-refractivity contribution is -0.136. The maximum absolute atomic E-state index is 13.0. The summed E-state index contributed by atoms with van der Waals surface area (Å²) >= 11 is 0. The second-order valence-corrected chi connectivity index (χ2v) is 7.70. The van der Waals surface area contributed by atoms with E-state index in [1.54, 1.807) is 30.7 Å². The number of carbonyl (C=O) groups is 2. The van der Waals surface area contributed by atoms with E-state index in [0.29, 0.717) is 12.2 Å². The maximum Gasteiger partial charge on any atom is 0.378 e. The van der Waals surface area contributed by atoms with Crippen LogP contribution in [0.15, 0.2) is 64.4 Å². The van der Waals surface area contributed by atoms with E-state index < -0.39 is 24.5 Å². The van der Waals surface area contributed by atoms with Gasteiger partial charge in [0.2, 0.25) is 0 Å². The minimum atomic E-state index is -0.815. The molecule has 1 aromatic carbocycles. The van der Waals surface area contributed by atoms with Crippen molar-refractivity contribution in [1.82, 2.24) is 24.6 Å². The molecule has 10 heteroatoms. The first kappa shape index (κ1) is 20.6. The van der Waals surface area contributed by atoms with Crippen LogP contribution in [0.3, 0.4) is 0 Å². The monoisotopic (exact) mass is 444 g/mol. The summed E-state index contributed by atoms with van der Waals surface area (Å²) in [5.74, 6) is -0.589. The van der Waals surface area contributed by atoms with Gasteiger partial charge in [0.1, 0.15) is 11.8 Å². The molecule has 1 aliphatic heterocycles. The van der Waals surface area contributed by atoms with Crippen LogP contribution >= 0.6 is 0 Å². The van der Waals surface area contributed by atoms with E-state index >= 15 is 0 Å². The van der Waals surface area contributed by atoms with Crippen LogP contribution in [0, 0.1) is 13.8 Å². The number of hydrogen-bond acceptors (Lipinski definition) is 8. The first-order valence-electron chi connectivity index (χ1n) is 10.3. The zero-order chi connectivity index (χ0) is 22.9. The van der Waals surface area contributed by atoms with E-state index in [2.05, 4.69) is 20.2 Å². The number of carbonyl (C=O) groups excluding carboxylic acids is 2. The lowest BCUT2D eigenvalue weighted by atomic mass is 10.0. The van der Waals surface area contributed by atoms with E-state index in [1.165, 1.54) is 9.52 Å². The summed E-state index contributed by atoms with van der Waals surface area (Å²) in [7, 11) is 0. The number of aryl methyl sites for hydroxylation is 2. The van der Waals surface area contributed by atoms with Gasteiger partial charge in [0.15, 0.2) is 6.61 Å². The molecule has 4 aromatic rings. The zero-order valence-corrected chi connectivity index (χ0v) is 18.0. The van der Waals surface area contributed by atoms with Gasteiger partial charge >= 0.3 is 5.97 Å². The van der Waals surface area contributed by atoms with E-state index in [0.717, 1.165) is 22.5 Å². The molecule has 33 heavy (non-hydrogen) atoms. The molecule has 3 aromatic heterocycles. The molecule has 1 unspecified atom stereocenters. The molecule has 166 valence electrons. The highest BCUT2D eigenvalue weighted by molar-refractivity contribution is 6.03. The number of furan rings is 1. The summed E-state index contributed by atoms with van der Waals surface area (Å²) in [6.45, 7) is 3.31. The fourth-order valence-electron chi connectivity index (χ4n) is 3.61. The molecule has 0 spiro atoms. The Labute approximate surface area is 188 Å². The minimum absolute atomic E-state index is 0.169. The van der Waals surface area contributed by atoms with Gasteiger partial charge in [-0.3, -0.25) is 4.79 Å². The normalized spacial score (nSPS) is 15.6. The first-order chi connectivity index (χ1) is 16.0. The predicted octanol–water partition coefficient (Wildman–Crippen LogP) is 2.87. The van der Waals surface area contributed by atoms with Crippen LogP contribution in [-0.2, 0) is 9.53 Å². The van der Waals surface area contributed by atoms with Crippen molar-refractivity contribution < 1.29 is 18.7 Å². The third kappa shape index (κ3) is 3.98. The number of benzene rings is 1. The SMILES string of the molecule is Cc1ccc(C2=NN(C(=O)COC(=O)c3nc4nccc(C)n4n3)C(c3ccco3)C2)cc1. The maximum atomic E-state index is 13.0. The Balaban J connectivity index is 1.34. The predicted molar refractivity (Wildman–Crippen MR) is 116 cm³/mol. The topological polar surface area (TPSA) is 115 Å². The van der Waals surface area contributed by atoms with Crippen molar-refractivity contribution in [2.24, 2.45) is 5.10 Å². The van der Waals surface area contributed by atoms with Gasteiger partial charge in [-0.25, -0.2) is 19.3 Å². The van der Waals surface area contributed by atoms with Crippen LogP contribution in [0.25, 0.3) is 5.78 Å². The van der Waals surface area contributed by atoms with Gasteiger partial charge in [0, 0.05) is 18.3 Å². The molecule has 0 fully saturated rings. The zero-order valence-electron chi connectivity index (χ0n) is 18.0. The van der Waals surface area contributed by atoms with Gasteiger partial charge in [-0.15, -0.1) is 5.10 Å². The molecule has 0 saturated carbocycles. The quantitative estimate of drug-likeness (QED) is 0.435. The van der Waals surface area contributed by atoms with Crippen molar-refractivity contribution in [3.05, 3.63) is 83.3 Å². The number of fused-ring (bicyclic) bond motifs is 1.